The number of rotatable bonds is 6. The second-order valence-corrected chi connectivity index (χ2v) is 6.59. The minimum Gasteiger partial charge on any atom is -0.480 e. The molecule has 3 aromatic rings. The van der Waals surface area contributed by atoms with Crippen molar-refractivity contribution in [1.82, 2.24) is 4.98 Å². The number of nitro benzene ring substituents is 1. The van der Waals surface area contributed by atoms with Crippen LogP contribution in [0.25, 0.3) is 10.6 Å². The van der Waals surface area contributed by atoms with Gasteiger partial charge in [-0.25, -0.2) is 9.78 Å². The van der Waals surface area contributed by atoms with Gasteiger partial charge in [0.05, 0.1) is 23.3 Å². The third-order valence-electron chi connectivity index (χ3n) is 3.79. The van der Waals surface area contributed by atoms with Crippen molar-refractivity contribution in [3.63, 3.8) is 0 Å². The second-order valence-electron chi connectivity index (χ2n) is 5.73. The van der Waals surface area contributed by atoms with E-state index in [9.17, 15) is 14.9 Å². The van der Waals surface area contributed by atoms with Crippen LogP contribution in [0.4, 0.5) is 5.69 Å². The molecule has 0 saturated heterocycles. The van der Waals surface area contributed by atoms with Gasteiger partial charge in [-0.3, -0.25) is 10.1 Å². The fourth-order valence-electron chi connectivity index (χ4n) is 2.42. The van der Waals surface area contributed by atoms with Crippen LogP contribution in [0.1, 0.15) is 21.6 Å². The van der Waals surface area contributed by atoms with Gasteiger partial charge in [0, 0.05) is 17.0 Å². The summed E-state index contributed by atoms with van der Waals surface area (Å²) < 4.78 is 10.3. The van der Waals surface area contributed by atoms with Gasteiger partial charge in [0.15, 0.2) is 5.75 Å². The zero-order valence-electron chi connectivity index (χ0n) is 14.7. The fraction of sp³-hybridized carbons (Fsp3) is 0.158. The summed E-state index contributed by atoms with van der Waals surface area (Å²) in [6.07, 6.45) is 0. The number of nitrogens with zero attached hydrogens (tertiary/aromatic N) is 2. The van der Waals surface area contributed by atoms with Gasteiger partial charge in [-0.2, -0.15) is 0 Å². The minimum atomic E-state index is -0.461. The van der Waals surface area contributed by atoms with Crippen LogP contribution in [0.15, 0.2) is 47.8 Å². The van der Waals surface area contributed by atoms with Crippen LogP contribution in [0.3, 0.4) is 0 Å². The van der Waals surface area contributed by atoms with Crippen molar-refractivity contribution in [2.45, 2.75) is 13.5 Å². The molecule has 8 heteroatoms. The van der Waals surface area contributed by atoms with E-state index in [0.29, 0.717) is 11.3 Å². The highest BCUT2D eigenvalue weighted by Gasteiger charge is 2.16. The van der Waals surface area contributed by atoms with Crippen LogP contribution < -0.4 is 4.74 Å². The van der Waals surface area contributed by atoms with Gasteiger partial charge in [0.2, 0.25) is 0 Å². The first-order valence-corrected chi connectivity index (χ1v) is 8.87. The number of esters is 1. The topological polar surface area (TPSA) is 91.6 Å². The molecule has 0 aliphatic rings. The molecular formula is C19H16N2O5S. The number of benzene rings is 2. The molecule has 2 aromatic carbocycles. The third-order valence-corrected chi connectivity index (χ3v) is 4.73. The predicted octanol–water partition coefficient (Wildman–Crippen LogP) is 4.39. The maximum Gasteiger partial charge on any atom is 0.337 e. The van der Waals surface area contributed by atoms with Gasteiger partial charge < -0.3 is 9.47 Å². The van der Waals surface area contributed by atoms with Crippen molar-refractivity contribution in [2.24, 2.45) is 0 Å². The molecule has 1 heterocycles. The van der Waals surface area contributed by atoms with E-state index >= 15 is 0 Å². The van der Waals surface area contributed by atoms with E-state index in [1.54, 1.807) is 43.3 Å². The molecule has 0 unspecified atom stereocenters. The van der Waals surface area contributed by atoms with Gasteiger partial charge in [0.1, 0.15) is 11.6 Å². The molecule has 0 amide bonds. The number of aryl methyl sites for hydroxylation is 1. The van der Waals surface area contributed by atoms with E-state index < -0.39 is 10.9 Å². The van der Waals surface area contributed by atoms with Gasteiger partial charge in [-0.15, -0.1) is 11.3 Å². The van der Waals surface area contributed by atoms with Crippen molar-refractivity contribution in [3.8, 4) is 16.3 Å². The maximum absolute atomic E-state index is 11.5. The maximum atomic E-state index is 11.5. The van der Waals surface area contributed by atoms with E-state index in [1.165, 1.54) is 24.5 Å². The number of thiazole rings is 1. The number of carbonyl (C=O) groups is 1. The van der Waals surface area contributed by atoms with Crippen molar-refractivity contribution in [3.05, 3.63) is 74.8 Å². The molecule has 7 nitrogen and oxygen atoms in total. The second kappa shape index (κ2) is 7.96. The number of hydrogen-bond donors (Lipinski definition) is 0. The van der Waals surface area contributed by atoms with Crippen molar-refractivity contribution in [2.75, 3.05) is 7.11 Å². The van der Waals surface area contributed by atoms with Gasteiger partial charge in [-0.05, 0) is 30.7 Å². The molecule has 1 aromatic heterocycles. The molecule has 0 saturated carbocycles. The number of aromatic nitrogens is 1. The first kappa shape index (κ1) is 18.5. The average Bonchev–Trinajstić information content (AvgIpc) is 3.15. The van der Waals surface area contributed by atoms with Crippen LogP contribution >= 0.6 is 11.3 Å². The molecule has 0 fully saturated rings. The fourth-order valence-corrected chi connectivity index (χ4v) is 3.23. The van der Waals surface area contributed by atoms with E-state index in [1.807, 2.05) is 5.38 Å². The van der Waals surface area contributed by atoms with Crippen LogP contribution in [-0.4, -0.2) is 23.0 Å². The summed E-state index contributed by atoms with van der Waals surface area (Å²) in [7, 11) is 1.34. The standard InChI is InChI=1S/C19H16N2O5S/c1-12-3-8-17(16(9-12)21(23)24)26-10-15-11-27-18(20-15)13-4-6-14(7-5-13)19(22)25-2/h3-9,11H,10H2,1-2H3. The first-order valence-electron chi connectivity index (χ1n) is 7.99. The normalized spacial score (nSPS) is 10.4. The monoisotopic (exact) mass is 384 g/mol. The summed E-state index contributed by atoms with van der Waals surface area (Å²) in [5, 5.41) is 13.8. The Morgan fingerprint density at radius 2 is 1.96 bits per heavy atom. The summed E-state index contributed by atoms with van der Waals surface area (Å²) in [6, 6.07) is 11.8. The molecule has 0 N–H and O–H groups in total. The highest BCUT2D eigenvalue weighted by atomic mass is 32.1. The lowest BCUT2D eigenvalue weighted by Gasteiger charge is -2.05. The Bertz CT molecular complexity index is 982. The lowest BCUT2D eigenvalue weighted by molar-refractivity contribution is -0.386. The Morgan fingerprint density at radius 1 is 1.22 bits per heavy atom. The minimum absolute atomic E-state index is 0.0659. The summed E-state index contributed by atoms with van der Waals surface area (Å²) in [4.78, 5) is 26.7. The van der Waals surface area contributed by atoms with E-state index in [2.05, 4.69) is 9.72 Å². The molecule has 0 aliphatic heterocycles. The number of nitro groups is 1. The molecule has 0 radical (unpaired) electrons. The van der Waals surface area contributed by atoms with Crippen LogP contribution in [0, 0.1) is 17.0 Å². The van der Waals surface area contributed by atoms with Crippen LogP contribution in [-0.2, 0) is 11.3 Å². The lowest BCUT2D eigenvalue weighted by atomic mass is 10.1. The third kappa shape index (κ3) is 4.29. The van der Waals surface area contributed by atoms with Crippen LogP contribution in [0.5, 0.6) is 5.75 Å². The summed E-state index contributed by atoms with van der Waals surface area (Å²) >= 11 is 1.43. The van der Waals surface area contributed by atoms with Crippen molar-refractivity contribution < 1.29 is 19.2 Å². The largest absolute Gasteiger partial charge is 0.480 e. The average molecular weight is 384 g/mol. The van der Waals surface area contributed by atoms with E-state index in [0.717, 1.165) is 16.1 Å². The molecule has 3 rings (SSSR count). The molecule has 138 valence electrons. The highest BCUT2D eigenvalue weighted by Crippen LogP contribution is 2.29. The molecule has 0 spiro atoms. The molecular weight excluding hydrogens is 368 g/mol. The van der Waals surface area contributed by atoms with Crippen LogP contribution in [0.2, 0.25) is 0 Å². The molecule has 0 aliphatic carbocycles. The van der Waals surface area contributed by atoms with Gasteiger partial charge in [0.25, 0.3) is 0 Å². The summed E-state index contributed by atoms with van der Waals surface area (Å²) in [5.74, 6) is -0.183. The molecule has 0 atom stereocenters. The Balaban J connectivity index is 1.72. The zero-order chi connectivity index (χ0) is 19.4. The zero-order valence-corrected chi connectivity index (χ0v) is 15.5. The quantitative estimate of drug-likeness (QED) is 0.355. The SMILES string of the molecule is COC(=O)c1ccc(-c2nc(COc3ccc(C)cc3[N+](=O)[O-])cs2)cc1. The first-order chi connectivity index (χ1) is 13.0. The predicted molar refractivity (Wildman–Crippen MR) is 101 cm³/mol. The summed E-state index contributed by atoms with van der Waals surface area (Å²) in [6.45, 7) is 1.91. The van der Waals surface area contributed by atoms with Crippen molar-refractivity contribution in [1.29, 1.82) is 0 Å². The number of ether oxygens (including phenoxy) is 2. The molecule has 0 bridgehead atoms. The number of carbonyl (C=O) groups excluding carboxylic acids is 1. The van der Waals surface area contributed by atoms with Crippen molar-refractivity contribution >= 4 is 23.0 Å². The molecule has 27 heavy (non-hydrogen) atoms. The smallest absolute Gasteiger partial charge is 0.337 e. The van der Waals surface area contributed by atoms with E-state index in [-0.39, 0.29) is 18.0 Å². The Kier molecular flexibility index (Phi) is 5.46. The Labute approximate surface area is 159 Å². The Morgan fingerprint density at radius 3 is 2.63 bits per heavy atom. The van der Waals surface area contributed by atoms with E-state index in [4.69, 9.17) is 4.74 Å². The lowest BCUT2D eigenvalue weighted by Crippen LogP contribution is -2.00. The Hall–Kier alpha value is -3.26. The summed E-state index contributed by atoms with van der Waals surface area (Å²) in [5.41, 5.74) is 2.72. The van der Waals surface area contributed by atoms with Gasteiger partial charge >= 0.3 is 11.7 Å². The van der Waals surface area contributed by atoms with Gasteiger partial charge in [-0.1, -0.05) is 18.2 Å². The highest BCUT2D eigenvalue weighted by molar-refractivity contribution is 7.13. The number of hydrogen-bond acceptors (Lipinski definition) is 7. The number of methoxy groups -OCH3 is 1.